The monoisotopic (exact) mass is 554 g/mol. The lowest BCUT2D eigenvalue weighted by molar-refractivity contribution is 0.518. The number of hydrogen-bond donors (Lipinski definition) is 1. The van der Waals surface area contributed by atoms with Gasteiger partial charge < -0.3 is 10.1 Å². The zero-order chi connectivity index (χ0) is 28.6. The van der Waals surface area contributed by atoms with Crippen molar-refractivity contribution in [1.82, 2.24) is 5.32 Å². The van der Waals surface area contributed by atoms with Crippen molar-refractivity contribution in [2.24, 2.45) is 4.99 Å². The molecule has 2 aliphatic rings. The minimum atomic E-state index is 0.785. The molecule has 8 rings (SSSR count). The van der Waals surface area contributed by atoms with Crippen LogP contribution in [-0.2, 0) is 0 Å². The number of nitrogens with one attached hydrogen (secondary N) is 1. The van der Waals surface area contributed by atoms with Gasteiger partial charge in [-0.05, 0) is 39.6 Å². The average Bonchev–Trinajstić information content (AvgIpc) is 3.10. The van der Waals surface area contributed by atoms with Crippen LogP contribution in [0.1, 0.15) is 28.7 Å². The number of nitrogens with zero attached hydrogens (tertiary/aromatic N) is 1. The fourth-order valence-corrected chi connectivity index (χ4v) is 6.50. The molecule has 0 unspecified atom stereocenters. The van der Waals surface area contributed by atoms with Crippen molar-refractivity contribution in [3.63, 3.8) is 0 Å². The molecule has 0 bridgehead atoms. The Morgan fingerprint density at radius 2 is 1.12 bits per heavy atom. The molecule has 1 N–H and O–H groups in total. The number of ether oxygens (including phenoxy) is 1. The Labute approximate surface area is 251 Å². The molecule has 6 aromatic rings. The lowest BCUT2D eigenvalue weighted by atomic mass is 9.80. The predicted molar refractivity (Wildman–Crippen MR) is 178 cm³/mol. The van der Waals surface area contributed by atoms with Gasteiger partial charge in [0.25, 0.3) is 0 Å². The maximum Gasteiger partial charge on any atom is 0.147 e. The lowest BCUT2D eigenvalue weighted by Gasteiger charge is -2.31. The average molecular weight is 555 g/mol. The van der Waals surface area contributed by atoms with E-state index in [1.165, 1.54) is 22.1 Å². The first-order chi connectivity index (χ1) is 21.4. The molecule has 43 heavy (non-hydrogen) atoms. The molecule has 6 aromatic carbocycles. The highest BCUT2D eigenvalue weighted by molar-refractivity contribution is 6.23. The predicted octanol–water partition coefficient (Wildman–Crippen LogP) is 9.22. The molecule has 2 heterocycles. The molecule has 0 saturated carbocycles. The zero-order valence-electron chi connectivity index (χ0n) is 23.8. The van der Waals surface area contributed by atoms with Crippen LogP contribution in [0.4, 0.5) is 0 Å². The van der Waals surface area contributed by atoms with Crippen LogP contribution in [0.2, 0.25) is 0 Å². The molecule has 0 radical (unpaired) electrons. The SMILES string of the molecule is c1ccc(C2=C(c3ccccc3)c3cccc4c(-c5ccccc5)c(-c5ccccc5)c(C5=NCCCN5)c(c34)O2)cc1. The van der Waals surface area contributed by atoms with Crippen LogP contribution in [0, 0.1) is 0 Å². The summed E-state index contributed by atoms with van der Waals surface area (Å²) >= 11 is 0. The second-order valence-electron chi connectivity index (χ2n) is 11.0. The van der Waals surface area contributed by atoms with Gasteiger partial charge in [0.2, 0.25) is 0 Å². The van der Waals surface area contributed by atoms with Gasteiger partial charge in [-0.3, -0.25) is 4.99 Å². The van der Waals surface area contributed by atoms with Gasteiger partial charge in [0.1, 0.15) is 17.3 Å². The van der Waals surface area contributed by atoms with Gasteiger partial charge >= 0.3 is 0 Å². The maximum atomic E-state index is 7.25. The molecule has 0 spiro atoms. The number of aliphatic imine (C=N–C) groups is 1. The van der Waals surface area contributed by atoms with E-state index in [4.69, 9.17) is 9.73 Å². The third kappa shape index (κ3) is 4.33. The normalized spacial score (nSPS) is 14.2. The Hall–Kier alpha value is -5.41. The van der Waals surface area contributed by atoms with Crippen LogP contribution >= 0.6 is 0 Å². The number of benzene rings is 6. The first kappa shape index (κ1) is 25.3. The number of hydrogen-bond acceptors (Lipinski definition) is 3. The minimum absolute atomic E-state index is 0.785. The Bertz CT molecular complexity index is 2010. The molecule has 0 aromatic heterocycles. The van der Waals surface area contributed by atoms with Crippen molar-refractivity contribution in [2.45, 2.75) is 6.42 Å². The summed E-state index contributed by atoms with van der Waals surface area (Å²) in [5, 5.41) is 5.94. The molecular formula is C40H30N2O. The molecule has 3 nitrogen and oxygen atoms in total. The fourth-order valence-electron chi connectivity index (χ4n) is 6.50. The van der Waals surface area contributed by atoms with Gasteiger partial charge in [0.05, 0.1) is 5.56 Å². The topological polar surface area (TPSA) is 33.6 Å². The Morgan fingerprint density at radius 1 is 0.535 bits per heavy atom. The summed E-state index contributed by atoms with van der Waals surface area (Å²) in [7, 11) is 0. The Balaban J connectivity index is 1.57. The van der Waals surface area contributed by atoms with E-state index in [1.807, 2.05) is 0 Å². The smallest absolute Gasteiger partial charge is 0.147 e. The lowest BCUT2D eigenvalue weighted by Crippen LogP contribution is -2.31. The van der Waals surface area contributed by atoms with Crippen molar-refractivity contribution in [2.75, 3.05) is 13.1 Å². The van der Waals surface area contributed by atoms with E-state index in [-0.39, 0.29) is 0 Å². The van der Waals surface area contributed by atoms with Crippen molar-refractivity contribution < 1.29 is 4.74 Å². The van der Waals surface area contributed by atoms with Crippen molar-refractivity contribution in [3.8, 4) is 28.0 Å². The van der Waals surface area contributed by atoms with Crippen molar-refractivity contribution in [3.05, 3.63) is 162 Å². The van der Waals surface area contributed by atoms with Crippen LogP contribution in [0.25, 0.3) is 44.4 Å². The van der Waals surface area contributed by atoms with E-state index in [0.29, 0.717) is 0 Å². The molecule has 0 amide bonds. The molecule has 0 saturated heterocycles. The fraction of sp³-hybridized carbons (Fsp3) is 0.0750. The first-order valence-electron chi connectivity index (χ1n) is 14.9. The second kappa shape index (κ2) is 10.8. The maximum absolute atomic E-state index is 7.25. The number of amidine groups is 1. The van der Waals surface area contributed by atoms with Crippen LogP contribution in [0.5, 0.6) is 5.75 Å². The van der Waals surface area contributed by atoms with E-state index in [0.717, 1.165) is 75.6 Å². The number of rotatable bonds is 5. The third-order valence-corrected chi connectivity index (χ3v) is 8.35. The van der Waals surface area contributed by atoms with Gasteiger partial charge in [-0.1, -0.05) is 140 Å². The van der Waals surface area contributed by atoms with Gasteiger partial charge in [-0.25, -0.2) is 0 Å². The second-order valence-corrected chi connectivity index (χ2v) is 11.0. The van der Waals surface area contributed by atoms with E-state index in [9.17, 15) is 0 Å². The van der Waals surface area contributed by atoms with Crippen molar-refractivity contribution in [1.29, 1.82) is 0 Å². The standard InChI is InChI=1S/C40H30N2O/c1-5-15-27(16-6-1)33-31-23-13-24-32-34(28-17-7-2-8-18-28)38(30-21-11-4-12-22-30)43-39(36(31)32)37(40-41-25-14-26-42-40)35(33)29-19-9-3-10-20-29/h1-13,15-24H,14,25-26H2,(H,41,42). The molecule has 2 aliphatic heterocycles. The summed E-state index contributed by atoms with van der Waals surface area (Å²) in [5.41, 5.74) is 10.1. The Morgan fingerprint density at radius 3 is 1.72 bits per heavy atom. The van der Waals surface area contributed by atoms with Crippen LogP contribution in [0.3, 0.4) is 0 Å². The van der Waals surface area contributed by atoms with Crippen molar-refractivity contribution >= 4 is 27.9 Å². The van der Waals surface area contributed by atoms with E-state index < -0.39 is 0 Å². The van der Waals surface area contributed by atoms with E-state index >= 15 is 0 Å². The quantitative estimate of drug-likeness (QED) is 0.230. The largest absolute Gasteiger partial charge is 0.455 e. The third-order valence-electron chi connectivity index (χ3n) is 8.35. The molecule has 0 aliphatic carbocycles. The summed E-state index contributed by atoms with van der Waals surface area (Å²) in [6.45, 7) is 1.66. The molecule has 0 fully saturated rings. The van der Waals surface area contributed by atoms with Gasteiger partial charge in [0, 0.05) is 35.2 Å². The van der Waals surface area contributed by atoms with Gasteiger partial charge in [0.15, 0.2) is 0 Å². The summed E-state index contributed by atoms with van der Waals surface area (Å²) in [4.78, 5) is 5.07. The van der Waals surface area contributed by atoms with E-state index in [1.54, 1.807) is 0 Å². The molecule has 3 heteroatoms. The highest BCUT2D eigenvalue weighted by atomic mass is 16.5. The summed E-state index contributed by atoms with van der Waals surface area (Å²) in [6, 6.07) is 49.2. The van der Waals surface area contributed by atoms with Crippen LogP contribution < -0.4 is 10.1 Å². The highest BCUT2D eigenvalue weighted by Gasteiger charge is 2.33. The molecular weight excluding hydrogens is 524 g/mol. The summed E-state index contributed by atoms with van der Waals surface area (Å²) < 4.78 is 7.25. The van der Waals surface area contributed by atoms with Crippen LogP contribution in [-0.4, -0.2) is 18.9 Å². The Kier molecular flexibility index (Phi) is 6.34. The minimum Gasteiger partial charge on any atom is -0.455 e. The summed E-state index contributed by atoms with van der Waals surface area (Å²) in [6.07, 6.45) is 1.01. The zero-order valence-corrected chi connectivity index (χ0v) is 23.8. The van der Waals surface area contributed by atoms with E-state index in [2.05, 4.69) is 145 Å². The summed E-state index contributed by atoms with van der Waals surface area (Å²) in [5.74, 6) is 2.61. The van der Waals surface area contributed by atoms with Crippen LogP contribution in [0.15, 0.2) is 145 Å². The molecule has 0 atom stereocenters. The van der Waals surface area contributed by atoms with Gasteiger partial charge in [-0.2, -0.15) is 0 Å². The first-order valence-corrected chi connectivity index (χ1v) is 14.9. The highest BCUT2D eigenvalue weighted by Crippen LogP contribution is 2.53. The van der Waals surface area contributed by atoms with Gasteiger partial charge in [-0.15, -0.1) is 0 Å². The molecule has 206 valence electrons.